The van der Waals surface area contributed by atoms with Gasteiger partial charge in [-0.25, -0.2) is 0 Å². The van der Waals surface area contributed by atoms with Crippen molar-refractivity contribution < 1.29 is 0 Å². The molecule has 3 aromatic rings. The van der Waals surface area contributed by atoms with Gasteiger partial charge >= 0.3 is 0 Å². The fourth-order valence-corrected chi connectivity index (χ4v) is 12.6. The lowest BCUT2D eigenvalue weighted by Crippen LogP contribution is -2.10. The molecule has 0 amide bonds. The fraction of sp³-hybridized carbons (Fsp3) is 0.565. The van der Waals surface area contributed by atoms with Crippen molar-refractivity contribution in [2.75, 3.05) is 0 Å². The minimum absolute atomic E-state index is 0.134. The van der Waals surface area contributed by atoms with Crippen molar-refractivity contribution in [3.8, 4) is 24.3 Å². The molecule has 286 valence electrons. The van der Waals surface area contributed by atoms with Gasteiger partial charge in [0.1, 0.15) is 23.6 Å². The molecule has 0 spiro atoms. The van der Waals surface area contributed by atoms with Crippen LogP contribution in [0.2, 0.25) is 0 Å². The summed E-state index contributed by atoms with van der Waals surface area (Å²) in [6, 6.07) is 15.9. The highest BCUT2D eigenvalue weighted by Gasteiger charge is 2.30. The highest BCUT2D eigenvalue weighted by molar-refractivity contribution is 8.09. The Labute approximate surface area is 340 Å². The molecular weight excluding hydrogens is 737 g/mol. The number of aryl methyl sites for hydroxylation is 3. The smallest absolute Gasteiger partial charge is 0.148 e. The number of thiophene rings is 3. The summed E-state index contributed by atoms with van der Waals surface area (Å²) >= 11 is 7.15. The van der Waals surface area contributed by atoms with Crippen LogP contribution in [0.25, 0.3) is 10.5 Å². The van der Waals surface area contributed by atoms with E-state index >= 15 is 0 Å². The molecule has 4 rings (SSSR count). The molecular formula is C46H58N4S4. The maximum atomic E-state index is 9.86. The molecule has 4 nitrogen and oxygen atoms in total. The lowest BCUT2D eigenvalue weighted by molar-refractivity contribution is 0.665. The van der Waals surface area contributed by atoms with Crippen molar-refractivity contribution in [3.05, 3.63) is 73.7 Å². The van der Waals surface area contributed by atoms with E-state index in [2.05, 4.69) is 76.2 Å². The number of thioether (sulfide) groups is 1. The molecule has 0 fully saturated rings. The molecule has 0 aliphatic carbocycles. The number of rotatable bonds is 21. The molecule has 0 saturated carbocycles. The van der Waals surface area contributed by atoms with E-state index in [4.69, 9.17) is 0 Å². The van der Waals surface area contributed by atoms with Gasteiger partial charge in [-0.3, -0.25) is 0 Å². The minimum Gasteiger partial charge on any atom is -0.197 e. The normalized spacial score (nSPS) is 16.2. The first-order valence-electron chi connectivity index (χ1n) is 20.6. The van der Waals surface area contributed by atoms with E-state index in [1.165, 1.54) is 127 Å². The molecule has 1 aliphatic heterocycles. The van der Waals surface area contributed by atoms with Gasteiger partial charge in [0.25, 0.3) is 0 Å². The monoisotopic (exact) mass is 794 g/mol. The number of hydrogen-bond donors (Lipinski definition) is 0. The van der Waals surface area contributed by atoms with Crippen molar-refractivity contribution >= 4 is 56.3 Å². The molecule has 54 heavy (non-hydrogen) atoms. The van der Waals surface area contributed by atoms with Crippen LogP contribution in [0.3, 0.4) is 0 Å². The van der Waals surface area contributed by atoms with Crippen LogP contribution in [0.1, 0.15) is 154 Å². The molecule has 3 aromatic heterocycles. The average Bonchev–Trinajstić information content (AvgIpc) is 3.99. The van der Waals surface area contributed by atoms with Gasteiger partial charge < -0.3 is 0 Å². The molecule has 1 aliphatic rings. The summed E-state index contributed by atoms with van der Waals surface area (Å²) in [6.45, 7) is 9.00. The fourth-order valence-electron chi connectivity index (χ4n) is 7.15. The largest absolute Gasteiger partial charge is 0.197 e. The zero-order chi connectivity index (χ0) is 38.7. The van der Waals surface area contributed by atoms with E-state index in [-0.39, 0.29) is 10.8 Å². The van der Waals surface area contributed by atoms with Crippen LogP contribution < -0.4 is 9.06 Å². The second-order valence-corrected chi connectivity index (χ2v) is 18.9. The highest BCUT2D eigenvalue weighted by atomic mass is 32.2. The first-order valence-corrected chi connectivity index (χ1v) is 23.9. The summed E-state index contributed by atoms with van der Waals surface area (Å²) in [5, 5.41) is 39.2. The second kappa shape index (κ2) is 23.7. The van der Waals surface area contributed by atoms with Gasteiger partial charge in [-0.15, -0.1) is 45.8 Å². The summed E-state index contributed by atoms with van der Waals surface area (Å²) in [5.41, 5.74) is 5.58. The third kappa shape index (κ3) is 11.9. The highest BCUT2D eigenvalue weighted by Crippen LogP contribution is 2.43. The van der Waals surface area contributed by atoms with Gasteiger partial charge in [0.05, 0.1) is 21.9 Å². The molecule has 0 bridgehead atoms. The molecule has 0 N–H and O–H groups in total. The Morgan fingerprint density at radius 3 is 1.48 bits per heavy atom. The van der Waals surface area contributed by atoms with Crippen LogP contribution in [0.5, 0.6) is 0 Å². The molecule has 8 heteroatoms. The SMILES string of the molecule is CCCCCCC1=CC(C(C#N)C#N)S/C1=c1\s/c(=c2\cc(CCCCCC)/c(=c3\sc(=C(C#N)C#N)cc3CCCCCC)s2)cc1CCCCCC. The van der Waals surface area contributed by atoms with E-state index < -0.39 is 5.92 Å². The van der Waals surface area contributed by atoms with Gasteiger partial charge in [-0.2, -0.15) is 21.0 Å². The molecule has 0 radical (unpaired) electrons. The average molecular weight is 795 g/mol. The van der Waals surface area contributed by atoms with Gasteiger partial charge in [0, 0.05) is 27.6 Å². The van der Waals surface area contributed by atoms with Crippen molar-refractivity contribution in [1.82, 2.24) is 0 Å². The number of unbranched alkanes of at least 4 members (excludes halogenated alkanes) is 12. The van der Waals surface area contributed by atoms with Gasteiger partial charge in [-0.05, 0) is 91.8 Å². The minimum atomic E-state index is -0.660. The van der Waals surface area contributed by atoms with Crippen molar-refractivity contribution in [3.63, 3.8) is 0 Å². The first kappa shape index (κ1) is 43.6. The van der Waals surface area contributed by atoms with E-state index in [0.717, 1.165) is 55.9 Å². The molecule has 1 atom stereocenters. The Morgan fingerprint density at radius 2 is 1.00 bits per heavy atom. The predicted octanol–water partition coefficient (Wildman–Crippen LogP) is 12.8. The third-order valence-electron chi connectivity index (χ3n) is 10.3. The first-order chi connectivity index (χ1) is 26.5. The molecule has 0 saturated heterocycles. The molecule has 4 heterocycles. The van der Waals surface area contributed by atoms with E-state index in [1.54, 1.807) is 23.1 Å². The van der Waals surface area contributed by atoms with Crippen molar-refractivity contribution in [1.29, 1.82) is 21.0 Å². The Balaban J connectivity index is 2.03. The van der Waals surface area contributed by atoms with Gasteiger partial charge in [0.15, 0.2) is 0 Å². The second-order valence-electron chi connectivity index (χ2n) is 14.6. The number of nitriles is 4. The summed E-state index contributed by atoms with van der Waals surface area (Å²) in [6.07, 6.45) is 25.3. The Kier molecular flexibility index (Phi) is 19.2. The van der Waals surface area contributed by atoms with Crippen LogP contribution in [0.4, 0.5) is 0 Å². The maximum Gasteiger partial charge on any atom is 0.148 e. The van der Waals surface area contributed by atoms with Crippen molar-refractivity contribution in [2.24, 2.45) is 5.92 Å². The lowest BCUT2D eigenvalue weighted by Gasteiger charge is -2.08. The third-order valence-corrected chi connectivity index (χ3v) is 15.7. The topological polar surface area (TPSA) is 95.2 Å². The lowest BCUT2D eigenvalue weighted by atomic mass is 10.0. The number of nitrogens with zero attached hydrogens (tertiary/aromatic N) is 4. The Morgan fingerprint density at radius 1 is 0.556 bits per heavy atom. The Hall–Kier alpha value is -3.11. The summed E-state index contributed by atoms with van der Waals surface area (Å²) in [4.78, 5) is 1.29. The van der Waals surface area contributed by atoms with Crippen LogP contribution in [0.15, 0.2) is 29.8 Å². The van der Waals surface area contributed by atoms with Crippen LogP contribution >= 0.6 is 45.8 Å². The van der Waals surface area contributed by atoms with Crippen LogP contribution in [-0.2, 0) is 19.3 Å². The maximum absolute atomic E-state index is 9.86. The summed E-state index contributed by atoms with van der Waals surface area (Å²) in [7, 11) is 0. The van der Waals surface area contributed by atoms with Crippen LogP contribution in [-0.4, -0.2) is 5.25 Å². The molecule has 0 aromatic carbocycles. The van der Waals surface area contributed by atoms with Crippen LogP contribution in [0, 0.1) is 69.4 Å². The zero-order valence-electron chi connectivity index (χ0n) is 33.0. The van der Waals surface area contributed by atoms with Gasteiger partial charge in [-0.1, -0.05) is 111 Å². The predicted molar refractivity (Wildman–Crippen MR) is 232 cm³/mol. The summed E-state index contributed by atoms with van der Waals surface area (Å²) < 4.78 is 7.26. The van der Waals surface area contributed by atoms with E-state index in [9.17, 15) is 21.0 Å². The van der Waals surface area contributed by atoms with E-state index in [0.29, 0.717) is 0 Å². The summed E-state index contributed by atoms with van der Waals surface area (Å²) in [5.74, 6) is -0.660. The quantitative estimate of drug-likeness (QED) is 0.100. The molecule has 1 unspecified atom stereocenters. The number of hydrogen-bond acceptors (Lipinski definition) is 8. The standard InChI is InChI=1S/C46H58N4S4/c1-5-9-13-17-21-33-25-39(37(29-47)30-48)51-43(33)45-35(23-19-15-11-7-3)27-41(53-45)42-28-36(24-20-16-12-8-4)46(54-42)44-34(22-18-14-10-6-2)26-40(52-44)38(31-49)32-50/h25-28,37,39H,5-24H2,1-4H3/b42-41+,45-43-,46-44+. The zero-order valence-corrected chi connectivity index (χ0v) is 36.3. The van der Waals surface area contributed by atoms with Crippen molar-refractivity contribution in [2.45, 2.75) is 161 Å². The van der Waals surface area contributed by atoms with E-state index in [1.807, 2.05) is 22.7 Å². The Bertz CT molecular complexity index is 2160. The van der Waals surface area contributed by atoms with Gasteiger partial charge in [0.2, 0.25) is 0 Å².